The number of thioether (sulfide) groups is 1. The summed E-state index contributed by atoms with van der Waals surface area (Å²) in [5, 5.41) is 12.1. The first-order chi connectivity index (χ1) is 14.9. The summed E-state index contributed by atoms with van der Waals surface area (Å²) in [5.74, 6) is -0.00947. The number of nitrogens with zero attached hydrogens (tertiary/aromatic N) is 3. The lowest BCUT2D eigenvalue weighted by molar-refractivity contribution is 0.0229. The zero-order valence-electron chi connectivity index (χ0n) is 17.0. The summed E-state index contributed by atoms with van der Waals surface area (Å²) < 4.78 is 20.6. The molecule has 31 heavy (non-hydrogen) atoms. The van der Waals surface area contributed by atoms with Crippen LogP contribution in [0.25, 0.3) is 0 Å². The first kappa shape index (κ1) is 21.3. The quantitative estimate of drug-likeness (QED) is 0.755. The molecule has 1 aliphatic heterocycles. The molecule has 1 amide bonds. The van der Waals surface area contributed by atoms with Gasteiger partial charge in [0.2, 0.25) is 0 Å². The number of hydrogen-bond acceptors (Lipinski definition) is 7. The van der Waals surface area contributed by atoms with Crippen LogP contribution in [-0.4, -0.2) is 35.0 Å². The van der Waals surface area contributed by atoms with Gasteiger partial charge in [-0.15, -0.1) is 0 Å². The molecule has 0 bridgehead atoms. The summed E-state index contributed by atoms with van der Waals surface area (Å²) in [7, 11) is 1.69. The molecule has 160 valence electrons. The molecule has 2 aromatic rings. The number of aromatic nitrogens is 1. The molecule has 0 saturated heterocycles. The van der Waals surface area contributed by atoms with E-state index in [9.17, 15) is 4.79 Å². The second-order valence-corrected chi connectivity index (χ2v) is 8.75. The molecule has 3 atom stereocenters. The zero-order chi connectivity index (χ0) is 22.0. The van der Waals surface area contributed by atoms with E-state index in [4.69, 9.17) is 20.7 Å². The Labute approximate surface area is 183 Å². The molecule has 4 rings (SSSR count). The number of ether oxygens (including phenoxy) is 1. The molecule has 1 aromatic heterocycles. The second-order valence-electron chi connectivity index (χ2n) is 7.71. The summed E-state index contributed by atoms with van der Waals surface area (Å²) in [5.41, 5.74) is 6.69. The number of nitrogens with two attached hydrogens (primary N) is 1. The van der Waals surface area contributed by atoms with E-state index in [0.29, 0.717) is 28.4 Å². The molecule has 2 heterocycles. The molecule has 0 spiro atoms. The number of hydrogen-bond donors (Lipinski definition) is 2. The SMILES string of the molecule is CO[C@H]1CC[C@]2(c3cc(NC(=O)c4ccc(C#N)cn4)ccc3F)N=C(N)SC[C@@H]2C1. The Bertz CT molecular complexity index is 1070. The van der Waals surface area contributed by atoms with Gasteiger partial charge in [-0.25, -0.2) is 9.37 Å². The lowest BCUT2D eigenvalue weighted by Crippen LogP contribution is -2.46. The van der Waals surface area contributed by atoms with Crippen LogP contribution in [-0.2, 0) is 10.3 Å². The van der Waals surface area contributed by atoms with E-state index in [2.05, 4.69) is 10.3 Å². The van der Waals surface area contributed by atoms with Gasteiger partial charge in [-0.1, -0.05) is 11.8 Å². The molecule has 3 N–H and O–H groups in total. The number of rotatable bonds is 4. The summed E-state index contributed by atoms with van der Waals surface area (Å²) in [6.45, 7) is 0. The zero-order valence-corrected chi connectivity index (χ0v) is 17.8. The van der Waals surface area contributed by atoms with Crippen LogP contribution in [0.1, 0.15) is 40.9 Å². The number of carbonyl (C=O) groups excluding carboxylic acids is 1. The van der Waals surface area contributed by atoms with Gasteiger partial charge in [0.05, 0.1) is 17.2 Å². The average Bonchev–Trinajstić information content (AvgIpc) is 2.79. The van der Waals surface area contributed by atoms with Crippen molar-refractivity contribution < 1.29 is 13.9 Å². The highest BCUT2D eigenvalue weighted by Gasteiger charge is 2.48. The monoisotopic (exact) mass is 439 g/mol. The fourth-order valence-corrected chi connectivity index (χ4v) is 5.35. The average molecular weight is 440 g/mol. The van der Waals surface area contributed by atoms with Crippen molar-refractivity contribution in [1.82, 2.24) is 4.98 Å². The van der Waals surface area contributed by atoms with Gasteiger partial charge in [0.25, 0.3) is 5.91 Å². The minimum atomic E-state index is -0.776. The Morgan fingerprint density at radius 3 is 2.97 bits per heavy atom. The van der Waals surface area contributed by atoms with E-state index in [1.54, 1.807) is 13.2 Å². The number of anilines is 1. The number of aliphatic imine (C=N–C) groups is 1. The molecule has 1 aromatic carbocycles. The van der Waals surface area contributed by atoms with Crippen molar-refractivity contribution in [3.8, 4) is 6.07 Å². The van der Waals surface area contributed by atoms with Crippen molar-refractivity contribution in [3.05, 3.63) is 59.2 Å². The summed E-state index contributed by atoms with van der Waals surface area (Å²) in [6, 6.07) is 9.46. The van der Waals surface area contributed by atoms with Crippen molar-refractivity contribution in [2.75, 3.05) is 18.2 Å². The normalized spacial score (nSPS) is 25.1. The standard InChI is InChI=1S/C22H22FN5O2S/c1-30-16-6-7-22(14(8-16)12-31-21(25)28-22)17-9-15(3-4-18(17)23)27-20(29)19-5-2-13(10-24)11-26-19/h2-5,9,11,14,16H,6-8,12H2,1H3,(H2,25,28)(H,27,29)/t14-,16-,22-/m0/s1. The number of carbonyl (C=O) groups is 1. The van der Waals surface area contributed by atoms with Crippen molar-refractivity contribution in [3.63, 3.8) is 0 Å². The molecular formula is C22H22FN5O2S. The minimum Gasteiger partial charge on any atom is -0.381 e. The van der Waals surface area contributed by atoms with Gasteiger partial charge >= 0.3 is 0 Å². The minimum absolute atomic E-state index is 0.0733. The lowest BCUT2D eigenvalue weighted by Gasteiger charge is -2.46. The number of benzene rings is 1. The highest BCUT2D eigenvalue weighted by atomic mass is 32.2. The van der Waals surface area contributed by atoms with Crippen LogP contribution in [0.3, 0.4) is 0 Å². The third kappa shape index (κ3) is 4.13. The van der Waals surface area contributed by atoms with Crippen molar-refractivity contribution in [2.24, 2.45) is 16.6 Å². The van der Waals surface area contributed by atoms with Crippen molar-refractivity contribution in [1.29, 1.82) is 5.26 Å². The number of halogens is 1. The van der Waals surface area contributed by atoms with Crippen molar-refractivity contribution >= 4 is 28.5 Å². The Kier molecular flexibility index (Phi) is 5.94. The van der Waals surface area contributed by atoms with Crippen LogP contribution in [0.4, 0.5) is 10.1 Å². The fourth-order valence-electron chi connectivity index (χ4n) is 4.34. The number of methoxy groups -OCH3 is 1. The van der Waals surface area contributed by atoms with Crippen LogP contribution in [0.2, 0.25) is 0 Å². The Balaban J connectivity index is 1.66. The number of nitriles is 1. The molecule has 7 nitrogen and oxygen atoms in total. The maximum Gasteiger partial charge on any atom is 0.274 e. The summed E-state index contributed by atoms with van der Waals surface area (Å²) in [6.07, 6.45) is 3.58. The van der Waals surface area contributed by atoms with Crippen molar-refractivity contribution in [2.45, 2.75) is 30.9 Å². The first-order valence-corrected chi connectivity index (χ1v) is 10.9. The first-order valence-electron chi connectivity index (χ1n) is 9.93. The highest BCUT2D eigenvalue weighted by Crippen LogP contribution is 2.50. The number of amides is 1. The van der Waals surface area contributed by atoms with Gasteiger partial charge < -0.3 is 15.8 Å². The molecule has 1 saturated carbocycles. The maximum absolute atomic E-state index is 15.1. The van der Waals surface area contributed by atoms with E-state index in [1.165, 1.54) is 42.2 Å². The Morgan fingerprint density at radius 2 is 2.26 bits per heavy atom. The fraction of sp³-hybridized carbons (Fsp3) is 0.364. The van der Waals surface area contributed by atoms with Gasteiger partial charge in [-0.2, -0.15) is 5.26 Å². The number of pyridine rings is 1. The number of amidine groups is 1. The van der Waals surface area contributed by atoms with E-state index < -0.39 is 11.4 Å². The molecular weight excluding hydrogens is 417 g/mol. The molecule has 0 unspecified atom stereocenters. The van der Waals surface area contributed by atoms with Crippen LogP contribution >= 0.6 is 11.8 Å². The predicted octanol–water partition coefficient (Wildman–Crippen LogP) is 3.42. The van der Waals surface area contributed by atoms with Crippen LogP contribution in [0.15, 0.2) is 41.5 Å². The van der Waals surface area contributed by atoms with Crippen LogP contribution < -0.4 is 11.1 Å². The highest BCUT2D eigenvalue weighted by molar-refractivity contribution is 8.13. The number of fused-ring (bicyclic) bond motifs is 1. The van der Waals surface area contributed by atoms with Crippen LogP contribution in [0, 0.1) is 23.1 Å². The Morgan fingerprint density at radius 1 is 1.42 bits per heavy atom. The van der Waals surface area contributed by atoms with Gasteiger partial charge in [-0.3, -0.25) is 9.79 Å². The van der Waals surface area contributed by atoms with E-state index in [-0.39, 0.29) is 23.5 Å². The largest absolute Gasteiger partial charge is 0.381 e. The van der Waals surface area contributed by atoms with Crippen LogP contribution in [0.5, 0.6) is 0 Å². The topological polar surface area (TPSA) is 113 Å². The van der Waals surface area contributed by atoms with Gasteiger partial charge in [0, 0.05) is 36.2 Å². The smallest absolute Gasteiger partial charge is 0.274 e. The maximum atomic E-state index is 15.1. The molecule has 2 aliphatic rings. The van der Waals surface area contributed by atoms with E-state index in [1.807, 2.05) is 6.07 Å². The summed E-state index contributed by atoms with van der Waals surface area (Å²) in [4.78, 5) is 21.3. The van der Waals surface area contributed by atoms with Gasteiger partial charge in [0.1, 0.15) is 17.6 Å². The molecule has 9 heteroatoms. The predicted molar refractivity (Wildman–Crippen MR) is 117 cm³/mol. The molecule has 1 fully saturated rings. The lowest BCUT2D eigenvalue weighted by atomic mass is 9.68. The molecule has 0 radical (unpaired) electrons. The van der Waals surface area contributed by atoms with Gasteiger partial charge in [0.15, 0.2) is 5.17 Å². The number of nitrogens with one attached hydrogen (secondary N) is 1. The molecule has 1 aliphatic carbocycles. The van der Waals surface area contributed by atoms with E-state index in [0.717, 1.165) is 18.6 Å². The van der Waals surface area contributed by atoms with Gasteiger partial charge in [-0.05, 0) is 49.6 Å². The third-order valence-electron chi connectivity index (χ3n) is 5.96. The summed E-state index contributed by atoms with van der Waals surface area (Å²) >= 11 is 1.48. The Hall–Kier alpha value is -2.96. The third-order valence-corrected chi connectivity index (χ3v) is 6.92. The van der Waals surface area contributed by atoms with E-state index >= 15 is 4.39 Å². The second kappa shape index (κ2) is 8.65.